The van der Waals surface area contributed by atoms with Crippen LogP contribution in [-0.2, 0) is 14.3 Å². The van der Waals surface area contributed by atoms with Crippen LogP contribution in [0.1, 0.15) is 90.4 Å². The Balaban J connectivity index is 0. The van der Waals surface area contributed by atoms with Crippen LogP contribution in [0.15, 0.2) is 0 Å². The number of hydrogen-bond donors (Lipinski definition) is 2. The molecule has 138 valence electrons. The minimum absolute atomic E-state index is 0. The van der Waals surface area contributed by atoms with Gasteiger partial charge in [0, 0.05) is 6.42 Å². The molecule has 1 unspecified atom stereocenters. The van der Waals surface area contributed by atoms with Crippen molar-refractivity contribution in [3.63, 3.8) is 0 Å². The first kappa shape index (κ1) is 26.3. The normalized spacial score (nSPS) is 11.6. The van der Waals surface area contributed by atoms with Gasteiger partial charge >= 0.3 is 41.5 Å². The summed E-state index contributed by atoms with van der Waals surface area (Å²) in [6.45, 7) is 2.80. The molecule has 0 bridgehead atoms. The molecule has 0 aromatic carbocycles. The Hall–Kier alpha value is 0.0600. The van der Waals surface area contributed by atoms with Crippen LogP contribution >= 0.6 is 0 Å². The van der Waals surface area contributed by atoms with E-state index in [0.717, 1.165) is 32.1 Å². The summed E-state index contributed by atoms with van der Waals surface area (Å²) in [5.74, 6) is -1.06. The molecular formula is C18H37N2NaO3. The van der Waals surface area contributed by atoms with Gasteiger partial charge in [0.15, 0.2) is 0 Å². The SMILES string of the molecule is CCCCCCCCCCCC(=O)OC(=O)C(N)CCCCN.[NaH]. The molecule has 0 saturated heterocycles. The number of unbranched alkanes of at least 4 members (excludes halogenated alkanes) is 9. The van der Waals surface area contributed by atoms with Gasteiger partial charge in [0.25, 0.3) is 0 Å². The second-order valence-electron chi connectivity index (χ2n) is 6.26. The summed E-state index contributed by atoms with van der Waals surface area (Å²) in [6, 6.07) is -0.714. The van der Waals surface area contributed by atoms with Crippen LogP contribution < -0.4 is 11.5 Å². The van der Waals surface area contributed by atoms with Gasteiger partial charge in [-0.2, -0.15) is 0 Å². The van der Waals surface area contributed by atoms with Gasteiger partial charge < -0.3 is 16.2 Å². The van der Waals surface area contributed by atoms with Gasteiger partial charge in [-0.25, -0.2) is 4.79 Å². The molecule has 0 aliphatic heterocycles. The van der Waals surface area contributed by atoms with Crippen LogP contribution in [-0.4, -0.2) is 54.1 Å². The first-order valence-electron chi connectivity index (χ1n) is 9.32. The summed E-state index contributed by atoms with van der Waals surface area (Å²) in [5, 5.41) is 0. The van der Waals surface area contributed by atoms with E-state index in [1.165, 1.54) is 38.5 Å². The monoisotopic (exact) mass is 352 g/mol. The van der Waals surface area contributed by atoms with Gasteiger partial charge in [-0.3, -0.25) is 4.79 Å². The van der Waals surface area contributed by atoms with Gasteiger partial charge in [-0.1, -0.05) is 64.7 Å². The van der Waals surface area contributed by atoms with Gasteiger partial charge in [0.2, 0.25) is 0 Å². The molecule has 0 radical (unpaired) electrons. The van der Waals surface area contributed by atoms with Crippen LogP contribution in [0.2, 0.25) is 0 Å². The van der Waals surface area contributed by atoms with Crippen molar-refractivity contribution in [3.8, 4) is 0 Å². The summed E-state index contributed by atoms with van der Waals surface area (Å²) in [7, 11) is 0. The molecule has 0 aromatic rings. The van der Waals surface area contributed by atoms with E-state index in [1.54, 1.807) is 0 Å². The van der Waals surface area contributed by atoms with Crippen molar-refractivity contribution >= 4 is 41.5 Å². The van der Waals surface area contributed by atoms with E-state index < -0.39 is 18.0 Å². The molecular weight excluding hydrogens is 315 g/mol. The van der Waals surface area contributed by atoms with E-state index >= 15 is 0 Å². The zero-order chi connectivity index (χ0) is 17.3. The molecule has 0 saturated carbocycles. The fourth-order valence-corrected chi connectivity index (χ4v) is 2.45. The minimum atomic E-state index is -0.714. The Morgan fingerprint density at radius 2 is 1.42 bits per heavy atom. The molecule has 0 aliphatic rings. The zero-order valence-electron chi connectivity index (χ0n) is 14.9. The molecule has 0 amide bonds. The van der Waals surface area contributed by atoms with Gasteiger partial charge in [-0.05, 0) is 25.8 Å². The van der Waals surface area contributed by atoms with Crippen molar-refractivity contribution in [1.29, 1.82) is 0 Å². The van der Waals surface area contributed by atoms with Crippen molar-refractivity contribution < 1.29 is 14.3 Å². The van der Waals surface area contributed by atoms with Crippen molar-refractivity contribution in [2.45, 2.75) is 96.4 Å². The third-order valence-corrected chi connectivity index (χ3v) is 3.97. The first-order chi connectivity index (χ1) is 11.1. The molecule has 0 heterocycles. The van der Waals surface area contributed by atoms with E-state index in [4.69, 9.17) is 16.2 Å². The summed E-state index contributed by atoms with van der Waals surface area (Å²) in [4.78, 5) is 23.2. The van der Waals surface area contributed by atoms with Crippen molar-refractivity contribution in [2.75, 3.05) is 6.54 Å². The van der Waals surface area contributed by atoms with Crippen molar-refractivity contribution in [3.05, 3.63) is 0 Å². The fourth-order valence-electron chi connectivity index (χ4n) is 2.45. The number of ether oxygens (including phenoxy) is 1. The standard InChI is InChI=1S/C18H36N2O3.Na.H/c1-2-3-4-5-6-7-8-9-10-14-17(21)23-18(22)16(20)13-11-12-15-19;;/h16H,2-15,19-20H2,1H3;;. The van der Waals surface area contributed by atoms with Gasteiger partial charge in [0.05, 0.1) is 0 Å². The molecule has 4 N–H and O–H groups in total. The molecule has 24 heavy (non-hydrogen) atoms. The topological polar surface area (TPSA) is 95.4 Å². The van der Waals surface area contributed by atoms with Crippen LogP contribution in [0.5, 0.6) is 0 Å². The van der Waals surface area contributed by atoms with Crippen LogP contribution in [0, 0.1) is 0 Å². The molecule has 5 nitrogen and oxygen atoms in total. The molecule has 1 atom stereocenters. The number of nitrogens with two attached hydrogens (primary N) is 2. The summed E-state index contributed by atoms with van der Waals surface area (Å²) < 4.78 is 4.78. The number of carbonyl (C=O) groups is 2. The number of esters is 2. The summed E-state index contributed by atoms with van der Waals surface area (Å²) in [6.07, 6.45) is 13.1. The zero-order valence-corrected chi connectivity index (χ0v) is 14.9. The fraction of sp³-hybridized carbons (Fsp3) is 0.889. The maximum atomic E-state index is 11.6. The third-order valence-electron chi connectivity index (χ3n) is 3.97. The Labute approximate surface area is 169 Å². The number of rotatable bonds is 15. The van der Waals surface area contributed by atoms with E-state index in [0.29, 0.717) is 19.4 Å². The van der Waals surface area contributed by atoms with E-state index in [2.05, 4.69) is 6.92 Å². The van der Waals surface area contributed by atoms with E-state index in [9.17, 15) is 9.59 Å². The van der Waals surface area contributed by atoms with Crippen molar-refractivity contribution in [1.82, 2.24) is 0 Å². The van der Waals surface area contributed by atoms with E-state index in [1.807, 2.05) is 0 Å². The predicted octanol–water partition coefficient (Wildman–Crippen LogP) is 2.78. The van der Waals surface area contributed by atoms with Crippen LogP contribution in [0.3, 0.4) is 0 Å². The second-order valence-corrected chi connectivity index (χ2v) is 6.26. The molecule has 0 rings (SSSR count). The van der Waals surface area contributed by atoms with Gasteiger partial charge in [0.1, 0.15) is 6.04 Å². The quantitative estimate of drug-likeness (QED) is 0.204. The van der Waals surface area contributed by atoms with Crippen LogP contribution in [0.25, 0.3) is 0 Å². The predicted molar refractivity (Wildman–Crippen MR) is 101 cm³/mol. The molecule has 0 aliphatic carbocycles. The Morgan fingerprint density at radius 1 is 0.875 bits per heavy atom. The van der Waals surface area contributed by atoms with Crippen molar-refractivity contribution in [2.24, 2.45) is 11.5 Å². The molecule has 0 aromatic heterocycles. The summed E-state index contributed by atoms with van der Waals surface area (Å²) in [5.41, 5.74) is 11.1. The molecule has 6 heteroatoms. The molecule has 0 fully saturated rings. The Bertz CT molecular complexity index is 315. The first-order valence-corrected chi connectivity index (χ1v) is 9.32. The second kappa shape index (κ2) is 19.4. The van der Waals surface area contributed by atoms with Crippen LogP contribution in [0.4, 0.5) is 0 Å². The summed E-state index contributed by atoms with van der Waals surface area (Å²) >= 11 is 0. The van der Waals surface area contributed by atoms with E-state index in [-0.39, 0.29) is 29.6 Å². The molecule has 0 spiro atoms. The average Bonchev–Trinajstić information content (AvgIpc) is 2.53. The maximum absolute atomic E-state index is 11.6. The Morgan fingerprint density at radius 3 is 1.96 bits per heavy atom. The number of hydrogen-bond acceptors (Lipinski definition) is 5. The van der Waals surface area contributed by atoms with Gasteiger partial charge in [-0.15, -0.1) is 0 Å². The Kier molecular flexibility index (Phi) is 21.2. The average molecular weight is 352 g/mol. The number of carbonyl (C=O) groups excluding carboxylic acids is 2. The third kappa shape index (κ3) is 16.9.